The molecule has 1 amide bonds. The lowest BCUT2D eigenvalue weighted by Gasteiger charge is -2.30. The third kappa shape index (κ3) is 5.91. The van der Waals surface area contributed by atoms with E-state index in [1.54, 1.807) is 60.6 Å². The Bertz CT molecular complexity index is 1390. The van der Waals surface area contributed by atoms with Gasteiger partial charge in [-0.3, -0.25) is 9.69 Å². The van der Waals surface area contributed by atoms with Gasteiger partial charge >= 0.3 is 0 Å². The summed E-state index contributed by atoms with van der Waals surface area (Å²) in [5.41, 5.74) is 1.67. The van der Waals surface area contributed by atoms with Crippen LogP contribution in [0.3, 0.4) is 0 Å². The second-order valence-corrected chi connectivity index (χ2v) is 10.3. The van der Waals surface area contributed by atoms with Gasteiger partial charge in [0, 0.05) is 6.04 Å². The number of halogens is 2. The number of methoxy groups -OCH3 is 1. The third-order valence-corrected chi connectivity index (χ3v) is 7.60. The molecule has 2 aliphatic rings. The maximum absolute atomic E-state index is 14.4. The zero-order chi connectivity index (χ0) is 26.5. The Kier molecular flexibility index (Phi) is 8.08. The highest BCUT2D eigenvalue weighted by Crippen LogP contribution is 2.39. The number of benzene rings is 3. The predicted octanol–water partition coefficient (Wildman–Crippen LogP) is 7.49. The molecular formula is C30H28F2N2O3S. The molecule has 0 bridgehead atoms. The summed E-state index contributed by atoms with van der Waals surface area (Å²) in [7, 11) is 1.54. The van der Waals surface area contributed by atoms with E-state index >= 15 is 0 Å². The molecule has 0 radical (unpaired) electrons. The summed E-state index contributed by atoms with van der Waals surface area (Å²) in [5.74, 6) is 0.138. The molecule has 3 aromatic rings. The zero-order valence-electron chi connectivity index (χ0n) is 21.0. The largest absolute Gasteiger partial charge is 0.493 e. The van der Waals surface area contributed by atoms with Crippen molar-refractivity contribution in [3.63, 3.8) is 0 Å². The molecule has 0 spiro atoms. The summed E-state index contributed by atoms with van der Waals surface area (Å²) >= 11 is 1.26. The molecule has 2 fully saturated rings. The number of carbonyl (C=O) groups excluding carboxylic acids is 1. The van der Waals surface area contributed by atoms with E-state index in [0.29, 0.717) is 27.1 Å². The number of aliphatic imine (C=N–C) groups is 1. The van der Waals surface area contributed by atoms with Crippen molar-refractivity contribution in [2.24, 2.45) is 4.99 Å². The molecule has 0 atom stereocenters. The van der Waals surface area contributed by atoms with Crippen LogP contribution in [-0.2, 0) is 11.4 Å². The Labute approximate surface area is 225 Å². The summed E-state index contributed by atoms with van der Waals surface area (Å²) in [6.07, 6.45) is 6.87. The Morgan fingerprint density at radius 2 is 1.82 bits per heavy atom. The lowest BCUT2D eigenvalue weighted by molar-refractivity contribution is -0.124. The van der Waals surface area contributed by atoms with Crippen molar-refractivity contribution in [1.82, 2.24) is 4.90 Å². The van der Waals surface area contributed by atoms with Gasteiger partial charge in [-0.05, 0) is 78.2 Å². The van der Waals surface area contributed by atoms with Crippen LogP contribution >= 0.6 is 11.8 Å². The Balaban J connectivity index is 1.41. The molecule has 0 unspecified atom stereocenters. The van der Waals surface area contributed by atoms with Crippen molar-refractivity contribution in [1.29, 1.82) is 0 Å². The van der Waals surface area contributed by atoms with Crippen LogP contribution in [0.4, 0.5) is 14.5 Å². The molecule has 1 aliphatic carbocycles. The molecule has 0 N–H and O–H groups in total. The molecule has 1 saturated carbocycles. The van der Waals surface area contributed by atoms with Gasteiger partial charge in [-0.1, -0.05) is 49.6 Å². The molecule has 1 saturated heterocycles. The molecule has 196 valence electrons. The second-order valence-electron chi connectivity index (χ2n) is 9.25. The molecule has 38 heavy (non-hydrogen) atoms. The molecule has 5 rings (SSSR count). The number of thioether (sulfide) groups is 1. The first kappa shape index (κ1) is 26.0. The summed E-state index contributed by atoms with van der Waals surface area (Å²) in [6.45, 7) is 0.190. The van der Waals surface area contributed by atoms with Crippen LogP contribution in [0.5, 0.6) is 11.5 Å². The standard InChI is InChI=1S/C30H28F2N2O3S/c1-36-27-17-20(14-15-26(27)37-19-21-8-7-9-22(31)16-21)18-28-29(35)34(23-10-3-2-4-11-23)30(38-28)33-25-13-6-5-12-24(25)32/h5-9,12-18,23H,2-4,10-11,19H2,1H3/b28-18-,33-30?. The first-order valence-electron chi connectivity index (χ1n) is 12.6. The van der Waals surface area contributed by atoms with Gasteiger partial charge in [0.15, 0.2) is 16.7 Å². The van der Waals surface area contributed by atoms with Crippen LogP contribution in [0.2, 0.25) is 0 Å². The van der Waals surface area contributed by atoms with E-state index in [-0.39, 0.29) is 30.1 Å². The predicted molar refractivity (Wildman–Crippen MR) is 147 cm³/mol. The van der Waals surface area contributed by atoms with Crippen molar-refractivity contribution < 1.29 is 23.0 Å². The van der Waals surface area contributed by atoms with Crippen molar-refractivity contribution in [3.8, 4) is 11.5 Å². The van der Waals surface area contributed by atoms with E-state index in [9.17, 15) is 13.6 Å². The van der Waals surface area contributed by atoms with Crippen molar-refractivity contribution in [2.45, 2.75) is 44.8 Å². The van der Waals surface area contributed by atoms with Crippen LogP contribution in [0.15, 0.2) is 76.6 Å². The number of para-hydroxylation sites is 1. The lowest BCUT2D eigenvalue weighted by Crippen LogP contribution is -2.40. The molecule has 1 aliphatic heterocycles. The molecule has 3 aromatic carbocycles. The minimum absolute atomic E-state index is 0.0494. The van der Waals surface area contributed by atoms with Crippen LogP contribution in [0.25, 0.3) is 6.08 Å². The van der Waals surface area contributed by atoms with E-state index in [1.807, 2.05) is 6.07 Å². The number of nitrogens with zero attached hydrogens (tertiary/aromatic N) is 2. The Morgan fingerprint density at radius 3 is 2.58 bits per heavy atom. The minimum atomic E-state index is -0.423. The fraction of sp³-hybridized carbons (Fsp3) is 0.267. The second kappa shape index (κ2) is 11.8. The minimum Gasteiger partial charge on any atom is -0.493 e. The zero-order valence-corrected chi connectivity index (χ0v) is 21.8. The monoisotopic (exact) mass is 534 g/mol. The van der Waals surface area contributed by atoms with Crippen LogP contribution in [0, 0.1) is 11.6 Å². The third-order valence-electron chi connectivity index (χ3n) is 6.61. The van der Waals surface area contributed by atoms with E-state index < -0.39 is 5.82 Å². The van der Waals surface area contributed by atoms with Crippen molar-refractivity contribution in [2.75, 3.05) is 7.11 Å². The molecule has 0 aromatic heterocycles. The van der Waals surface area contributed by atoms with Crippen LogP contribution < -0.4 is 9.47 Å². The van der Waals surface area contributed by atoms with Gasteiger partial charge in [-0.15, -0.1) is 0 Å². The summed E-state index contributed by atoms with van der Waals surface area (Å²) in [4.78, 5) is 20.4. The number of rotatable bonds is 7. The van der Waals surface area contributed by atoms with Gasteiger partial charge in [-0.2, -0.15) is 0 Å². The number of amides is 1. The van der Waals surface area contributed by atoms with Crippen LogP contribution in [0.1, 0.15) is 43.2 Å². The van der Waals surface area contributed by atoms with E-state index in [2.05, 4.69) is 4.99 Å². The number of hydrogen-bond donors (Lipinski definition) is 0. The fourth-order valence-electron chi connectivity index (χ4n) is 4.70. The van der Waals surface area contributed by atoms with E-state index in [0.717, 1.165) is 37.7 Å². The van der Waals surface area contributed by atoms with E-state index in [1.165, 1.54) is 30.0 Å². The number of amidine groups is 1. The highest BCUT2D eigenvalue weighted by atomic mass is 32.2. The maximum Gasteiger partial charge on any atom is 0.267 e. The summed E-state index contributed by atoms with van der Waals surface area (Å²) in [5, 5.41) is 0.500. The highest BCUT2D eigenvalue weighted by molar-refractivity contribution is 8.18. The number of ether oxygens (including phenoxy) is 2. The Morgan fingerprint density at radius 1 is 1.00 bits per heavy atom. The van der Waals surface area contributed by atoms with Gasteiger partial charge in [0.25, 0.3) is 5.91 Å². The average molecular weight is 535 g/mol. The van der Waals surface area contributed by atoms with Gasteiger partial charge < -0.3 is 9.47 Å². The maximum atomic E-state index is 14.4. The number of hydrogen-bond acceptors (Lipinski definition) is 5. The van der Waals surface area contributed by atoms with Gasteiger partial charge in [0.2, 0.25) is 0 Å². The van der Waals surface area contributed by atoms with Gasteiger partial charge in [-0.25, -0.2) is 13.8 Å². The Hall–Kier alpha value is -3.65. The quantitative estimate of drug-likeness (QED) is 0.295. The topological polar surface area (TPSA) is 51.1 Å². The van der Waals surface area contributed by atoms with Crippen molar-refractivity contribution in [3.05, 3.63) is 94.4 Å². The SMILES string of the molecule is COc1cc(/C=C2\SC(=Nc3ccccc3F)N(C3CCCCC3)C2=O)ccc1OCc1cccc(F)c1. The molecule has 1 heterocycles. The smallest absolute Gasteiger partial charge is 0.267 e. The lowest BCUT2D eigenvalue weighted by atomic mass is 9.94. The first-order valence-corrected chi connectivity index (χ1v) is 13.4. The summed E-state index contributed by atoms with van der Waals surface area (Å²) < 4.78 is 39.3. The first-order chi connectivity index (χ1) is 18.5. The summed E-state index contributed by atoms with van der Waals surface area (Å²) in [6, 6.07) is 18.0. The normalized spacial score (nSPS) is 18.4. The average Bonchev–Trinajstić information content (AvgIpc) is 3.23. The van der Waals surface area contributed by atoms with Gasteiger partial charge in [0.05, 0.1) is 12.0 Å². The van der Waals surface area contributed by atoms with Crippen molar-refractivity contribution >= 4 is 34.6 Å². The molecule has 8 heteroatoms. The van der Waals surface area contributed by atoms with E-state index in [4.69, 9.17) is 9.47 Å². The number of carbonyl (C=O) groups is 1. The molecular weight excluding hydrogens is 506 g/mol. The fourth-order valence-corrected chi connectivity index (χ4v) is 5.76. The highest BCUT2D eigenvalue weighted by Gasteiger charge is 2.38. The van der Waals surface area contributed by atoms with Crippen LogP contribution in [-0.4, -0.2) is 29.1 Å². The molecule has 5 nitrogen and oxygen atoms in total. The van der Waals surface area contributed by atoms with Gasteiger partial charge in [0.1, 0.15) is 23.9 Å².